The molecule has 3 saturated carbocycles. The van der Waals surface area contributed by atoms with E-state index in [1.54, 1.807) is 12.3 Å². The molecule has 3 aliphatic rings. The second-order valence-electron chi connectivity index (χ2n) is 9.28. The SMILES string of the molecule is CCOC(=O)[C@@H]1C2CCC(CC2)[C@H]1Nc1cc(-c2ccc(F)s2)nc(-c2c[nH]c3ncc(Cl)nc23)n1. The highest BCUT2D eigenvalue weighted by atomic mass is 35.5. The Labute approximate surface area is 215 Å². The average molecular weight is 527 g/mol. The number of anilines is 1. The fourth-order valence-corrected chi connectivity index (χ4v) is 6.49. The highest BCUT2D eigenvalue weighted by Gasteiger charge is 2.48. The van der Waals surface area contributed by atoms with Crippen molar-refractivity contribution < 1.29 is 13.9 Å². The first kappa shape index (κ1) is 23.3. The van der Waals surface area contributed by atoms with E-state index in [0.717, 1.165) is 37.0 Å². The number of hydrogen-bond acceptors (Lipinski definition) is 8. The zero-order chi connectivity index (χ0) is 24.8. The van der Waals surface area contributed by atoms with Gasteiger partial charge in [0.1, 0.15) is 16.5 Å². The van der Waals surface area contributed by atoms with Crippen LogP contribution in [-0.4, -0.2) is 43.5 Å². The maximum absolute atomic E-state index is 13.9. The molecule has 0 radical (unpaired) electrons. The van der Waals surface area contributed by atoms with Crippen LogP contribution in [0.1, 0.15) is 32.6 Å². The fourth-order valence-electron chi connectivity index (χ4n) is 5.67. The van der Waals surface area contributed by atoms with E-state index in [1.807, 2.05) is 13.0 Å². The van der Waals surface area contributed by atoms with Crippen molar-refractivity contribution in [3.05, 3.63) is 40.9 Å². The molecule has 0 unspecified atom stereocenters. The van der Waals surface area contributed by atoms with Gasteiger partial charge < -0.3 is 15.0 Å². The van der Waals surface area contributed by atoms with Crippen molar-refractivity contribution in [3.8, 4) is 22.0 Å². The van der Waals surface area contributed by atoms with E-state index >= 15 is 0 Å². The number of carbonyl (C=O) groups is 1. The lowest BCUT2D eigenvalue weighted by atomic mass is 9.61. The lowest BCUT2D eigenvalue weighted by Crippen LogP contribution is -2.52. The number of nitrogens with zero attached hydrogens (tertiary/aromatic N) is 4. The first-order valence-electron chi connectivity index (χ1n) is 12.1. The summed E-state index contributed by atoms with van der Waals surface area (Å²) in [5.41, 5.74) is 2.32. The minimum absolute atomic E-state index is 0.0931. The number of fused-ring (bicyclic) bond motifs is 4. The number of nitrogens with one attached hydrogen (secondary N) is 2. The summed E-state index contributed by atoms with van der Waals surface area (Å²) in [4.78, 5) is 34.9. The summed E-state index contributed by atoms with van der Waals surface area (Å²) >= 11 is 7.12. The van der Waals surface area contributed by atoms with Crippen molar-refractivity contribution in [2.45, 2.75) is 38.6 Å². The summed E-state index contributed by atoms with van der Waals surface area (Å²) in [7, 11) is 0. The quantitative estimate of drug-likeness (QED) is 0.310. The van der Waals surface area contributed by atoms with E-state index in [1.165, 1.54) is 12.3 Å². The van der Waals surface area contributed by atoms with E-state index in [0.29, 0.717) is 57.4 Å². The molecule has 2 atom stereocenters. The smallest absolute Gasteiger partial charge is 0.311 e. The largest absolute Gasteiger partial charge is 0.466 e. The van der Waals surface area contributed by atoms with Gasteiger partial charge in [0, 0.05) is 18.3 Å². The highest BCUT2D eigenvalue weighted by molar-refractivity contribution is 7.13. The van der Waals surface area contributed by atoms with Gasteiger partial charge >= 0.3 is 5.97 Å². The minimum Gasteiger partial charge on any atom is -0.466 e. The van der Waals surface area contributed by atoms with Gasteiger partial charge in [-0.2, -0.15) is 4.39 Å². The number of ether oxygens (including phenoxy) is 1. The van der Waals surface area contributed by atoms with Gasteiger partial charge in [-0.25, -0.2) is 19.9 Å². The van der Waals surface area contributed by atoms with Crippen LogP contribution < -0.4 is 5.32 Å². The molecule has 8 nitrogen and oxygen atoms in total. The van der Waals surface area contributed by atoms with Crippen LogP contribution in [0.25, 0.3) is 33.1 Å². The van der Waals surface area contributed by atoms with Crippen LogP contribution in [0, 0.1) is 22.9 Å². The van der Waals surface area contributed by atoms with Gasteiger partial charge in [-0.1, -0.05) is 11.6 Å². The normalized spacial score (nSPS) is 23.2. The molecule has 0 spiro atoms. The van der Waals surface area contributed by atoms with Gasteiger partial charge in [-0.15, -0.1) is 11.3 Å². The van der Waals surface area contributed by atoms with Crippen LogP contribution in [0.4, 0.5) is 10.2 Å². The molecule has 0 aromatic carbocycles. The van der Waals surface area contributed by atoms with E-state index in [4.69, 9.17) is 26.3 Å². The van der Waals surface area contributed by atoms with Gasteiger partial charge in [0.25, 0.3) is 0 Å². The molecule has 186 valence electrons. The van der Waals surface area contributed by atoms with Crippen LogP contribution in [0.2, 0.25) is 5.15 Å². The summed E-state index contributed by atoms with van der Waals surface area (Å²) in [6.45, 7) is 2.19. The Kier molecular flexibility index (Phi) is 6.08. The van der Waals surface area contributed by atoms with Crippen LogP contribution >= 0.6 is 22.9 Å². The summed E-state index contributed by atoms with van der Waals surface area (Å²) in [6, 6.07) is 4.84. The molecule has 0 saturated heterocycles. The highest BCUT2D eigenvalue weighted by Crippen LogP contribution is 2.47. The first-order chi connectivity index (χ1) is 17.5. The second-order valence-corrected chi connectivity index (χ2v) is 10.7. The lowest BCUT2D eigenvalue weighted by molar-refractivity contribution is -0.154. The lowest BCUT2D eigenvalue weighted by Gasteiger charge is -2.47. The zero-order valence-corrected chi connectivity index (χ0v) is 21.1. The Morgan fingerprint density at radius 2 is 2.03 bits per heavy atom. The fraction of sp³-hybridized carbons (Fsp3) is 0.400. The van der Waals surface area contributed by atoms with E-state index < -0.39 is 0 Å². The standard InChI is InChI=1S/C25H24ClFN6O2S/c1-2-35-25(34)20-12-3-5-13(6-4-12)21(20)32-19-9-15(16-7-8-18(27)36-16)30-23(33-19)14-10-28-24-22(14)31-17(26)11-29-24/h7-13,20-21H,2-6H2,1H3,(H,28,29)(H,30,32,33)/t12?,13?,20-,21-/m1/s1. The van der Waals surface area contributed by atoms with Crippen molar-refractivity contribution in [2.75, 3.05) is 11.9 Å². The number of aromatic nitrogens is 5. The Morgan fingerprint density at radius 3 is 2.78 bits per heavy atom. The van der Waals surface area contributed by atoms with Crippen LogP contribution in [0.5, 0.6) is 0 Å². The third-order valence-electron chi connectivity index (χ3n) is 7.24. The number of halogens is 2. The first-order valence-corrected chi connectivity index (χ1v) is 13.3. The van der Waals surface area contributed by atoms with Crippen molar-refractivity contribution in [3.63, 3.8) is 0 Å². The molecule has 3 fully saturated rings. The van der Waals surface area contributed by atoms with Gasteiger partial charge in [0.2, 0.25) is 0 Å². The predicted octanol–water partition coefficient (Wildman–Crippen LogP) is 5.72. The number of esters is 1. The Morgan fingerprint density at radius 1 is 1.22 bits per heavy atom. The van der Waals surface area contributed by atoms with Gasteiger partial charge in [0.05, 0.1) is 34.9 Å². The molecule has 4 aromatic rings. The minimum atomic E-state index is -0.295. The zero-order valence-electron chi connectivity index (χ0n) is 19.5. The number of thiophene rings is 1. The van der Waals surface area contributed by atoms with Crippen molar-refractivity contribution in [1.82, 2.24) is 24.9 Å². The molecule has 0 amide bonds. The van der Waals surface area contributed by atoms with Crippen molar-refractivity contribution in [2.24, 2.45) is 17.8 Å². The summed E-state index contributed by atoms with van der Waals surface area (Å²) in [5, 5.41) is 3.53. The number of carbonyl (C=O) groups excluding carboxylic acids is 1. The number of aromatic amines is 1. The molecule has 11 heteroatoms. The Hall–Kier alpha value is -3.11. The number of hydrogen-bond donors (Lipinski definition) is 2. The van der Waals surface area contributed by atoms with Gasteiger partial charge in [-0.3, -0.25) is 4.79 Å². The molecular formula is C25H24ClFN6O2S. The van der Waals surface area contributed by atoms with E-state index in [2.05, 4.69) is 20.3 Å². The summed E-state index contributed by atoms with van der Waals surface area (Å²) in [5.74, 6) is 1.24. The molecule has 7 rings (SSSR count). The summed E-state index contributed by atoms with van der Waals surface area (Å²) < 4.78 is 19.4. The van der Waals surface area contributed by atoms with Gasteiger partial charge in [-0.05, 0) is 56.6 Å². The Bertz CT molecular complexity index is 1430. The molecule has 4 heterocycles. The molecule has 36 heavy (non-hydrogen) atoms. The van der Waals surface area contributed by atoms with E-state index in [-0.39, 0.29) is 28.2 Å². The molecule has 2 bridgehead atoms. The second kappa shape index (κ2) is 9.40. The Balaban J connectivity index is 1.43. The van der Waals surface area contributed by atoms with Crippen molar-refractivity contribution >= 4 is 45.9 Å². The topological polar surface area (TPSA) is 106 Å². The van der Waals surface area contributed by atoms with Gasteiger partial charge in [0.15, 0.2) is 16.6 Å². The number of rotatable bonds is 6. The van der Waals surface area contributed by atoms with E-state index in [9.17, 15) is 9.18 Å². The molecular weight excluding hydrogens is 503 g/mol. The average Bonchev–Trinajstić information content (AvgIpc) is 3.50. The maximum atomic E-state index is 13.9. The van der Waals surface area contributed by atoms with Crippen molar-refractivity contribution in [1.29, 1.82) is 0 Å². The predicted molar refractivity (Wildman–Crippen MR) is 136 cm³/mol. The molecule has 0 aliphatic heterocycles. The maximum Gasteiger partial charge on any atom is 0.311 e. The number of H-pyrrole nitrogens is 1. The van der Waals surface area contributed by atoms with Crippen LogP contribution in [0.15, 0.2) is 30.6 Å². The van der Waals surface area contributed by atoms with Crippen LogP contribution in [0.3, 0.4) is 0 Å². The third kappa shape index (κ3) is 4.22. The van der Waals surface area contributed by atoms with Crippen LogP contribution in [-0.2, 0) is 9.53 Å². The molecule has 3 aliphatic carbocycles. The molecule has 2 N–H and O–H groups in total. The third-order valence-corrected chi connectivity index (χ3v) is 8.31. The summed E-state index contributed by atoms with van der Waals surface area (Å²) in [6.07, 6.45) is 7.41. The monoisotopic (exact) mass is 526 g/mol. The molecule has 4 aromatic heterocycles.